The van der Waals surface area contributed by atoms with Gasteiger partial charge in [0.05, 0.1) is 23.5 Å². The van der Waals surface area contributed by atoms with E-state index in [2.05, 4.69) is 10.6 Å². The van der Waals surface area contributed by atoms with Crippen LogP contribution in [0.2, 0.25) is 0 Å². The number of para-hydroxylation sites is 1. The number of nitrogens with zero attached hydrogens (tertiary/aromatic N) is 2. The standard InChI is InChI=1S/C16H22N4O2S/c1-11-13(17-15(23)18-16(2,3)10-21)14(22)20(19(11)4)12-8-6-5-7-9-12/h5-9,21H,10H2,1-4H3,(H2,17,18,23). The molecule has 124 valence electrons. The first kappa shape index (κ1) is 17.2. The van der Waals surface area contributed by atoms with Gasteiger partial charge in [0, 0.05) is 7.05 Å². The van der Waals surface area contributed by atoms with Gasteiger partial charge in [-0.15, -0.1) is 0 Å². The molecule has 6 nitrogen and oxygen atoms in total. The molecule has 0 saturated heterocycles. The van der Waals surface area contributed by atoms with Crippen molar-refractivity contribution < 1.29 is 5.11 Å². The first-order valence-electron chi connectivity index (χ1n) is 7.31. The molecule has 23 heavy (non-hydrogen) atoms. The molecule has 1 heterocycles. The summed E-state index contributed by atoms with van der Waals surface area (Å²) in [6.45, 7) is 5.42. The zero-order valence-electron chi connectivity index (χ0n) is 13.8. The molecule has 0 radical (unpaired) electrons. The van der Waals surface area contributed by atoms with Crippen LogP contribution >= 0.6 is 12.2 Å². The fourth-order valence-corrected chi connectivity index (χ4v) is 2.58. The summed E-state index contributed by atoms with van der Waals surface area (Å²) in [7, 11) is 1.82. The molecule has 0 aliphatic carbocycles. The fraction of sp³-hybridized carbons (Fsp3) is 0.375. The van der Waals surface area contributed by atoms with E-state index in [1.165, 1.54) is 0 Å². The Balaban J connectivity index is 2.35. The second kappa shape index (κ2) is 6.55. The lowest BCUT2D eigenvalue weighted by Gasteiger charge is -2.25. The van der Waals surface area contributed by atoms with E-state index >= 15 is 0 Å². The Kier molecular flexibility index (Phi) is 4.91. The van der Waals surface area contributed by atoms with Gasteiger partial charge in [-0.25, -0.2) is 4.68 Å². The molecule has 7 heteroatoms. The van der Waals surface area contributed by atoms with Crippen molar-refractivity contribution in [1.29, 1.82) is 0 Å². The highest BCUT2D eigenvalue weighted by Crippen LogP contribution is 2.14. The van der Waals surface area contributed by atoms with E-state index in [0.717, 1.165) is 11.4 Å². The van der Waals surface area contributed by atoms with E-state index in [0.29, 0.717) is 10.8 Å². The van der Waals surface area contributed by atoms with Crippen LogP contribution in [0.4, 0.5) is 5.69 Å². The Morgan fingerprint density at radius 1 is 1.30 bits per heavy atom. The third-order valence-corrected chi connectivity index (χ3v) is 3.84. The fourth-order valence-electron chi connectivity index (χ4n) is 2.20. The van der Waals surface area contributed by atoms with Crippen LogP contribution in [-0.4, -0.2) is 31.7 Å². The number of anilines is 1. The highest BCUT2D eigenvalue weighted by molar-refractivity contribution is 7.80. The van der Waals surface area contributed by atoms with Crippen LogP contribution in [0.3, 0.4) is 0 Å². The summed E-state index contributed by atoms with van der Waals surface area (Å²) < 4.78 is 3.36. The van der Waals surface area contributed by atoms with Crippen molar-refractivity contribution >= 4 is 23.0 Å². The van der Waals surface area contributed by atoms with Gasteiger partial charge in [0.25, 0.3) is 5.56 Å². The van der Waals surface area contributed by atoms with Crippen LogP contribution in [0.15, 0.2) is 35.1 Å². The van der Waals surface area contributed by atoms with Crippen LogP contribution in [0.1, 0.15) is 19.5 Å². The summed E-state index contributed by atoms with van der Waals surface area (Å²) in [5, 5.41) is 15.5. The topological polar surface area (TPSA) is 71.2 Å². The minimum absolute atomic E-state index is 0.0726. The Labute approximate surface area is 140 Å². The van der Waals surface area contributed by atoms with Crippen molar-refractivity contribution in [3.8, 4) is 5.69 Å². The van der Waals surface area contributed by atoms with Crippen molar-refractivity contribution in [3.05, 3.63) is 46.4 Å². The highest BCUT2D eigenvalue weighted by atomic mass is 32.1. The number of nitrogens with one attached hydrogen (secondary N) is 2. The van der Waals surface area contributed by atoms with Gasteiger partial charge in [-0.05, 0) is 45.1 Å². The van der Waals surface area contributed by atoms with E-state index in [9.17, 15) is 9.90 Å². The van der Waals surface area contributed by atoms with Gasteiger partial charge in [0.2, 0.25) is 0 Å². The maximum atomic E-state index is 12.7. The predicted octanol–water partition coefficient (Wildman–Crippen LogP) is 1.54. The Bertz CT molecular complexity index is 762. The number of benzene rings is 1. The van der Waals surface area contributed by atoms with E-state index < -0.39 is 5.54 Å². The summed E-state index contributed by atoms with van der Waals surface area (Å²) in [5.41, 5.74) is 1.23. The molecule has 0 spiro atoms. The number of aliphatic hydroxyl groups excluding tert-OH is 1. The number of aliphatic hydroxyl groups is 1. The van der Waals surface area contributed by atoms with E-state index in [1.54, 1.807) is 9.36 Å². The van der Waals surface area contributed by atoms with Crippen LogP contribution in [0.25, 0.3) is 5.69 Å². The molecule has 0 unspecified atom stereocenters. The summed E-state index contributed by atoms with van der Waals surface area (Å²) in [5.74, 6) is 0. The molecular formula is C16H22N4O2S. The van der Waals surface area contributed by atoms with Gasteiger partial charge >= 0.3 is 0 Å². The van der Waals surface area contributed by atoms with Crippen molar-refractivity contribution in [2.24, 2.45) is 7.05 Å². The lowest BCUT2D eigenvalue weighted by Crippen LogP contribution is -2.48. The molecule has 0 saturated carbocycles. The van der Waals surface area contributed by atoms with Gasteiger partial charge < -0.3 is 15.7 Å². The van der Waals surface area contributed by atoms with Crippen molar-refractivity contribution in [1.82, 2.24) is 14.7 Å². The van der Waals surface area contributed by atoms with Crippen LogP contribution in [0.5, 0.6) is 0 Å². The van der Waals surface area contributed by atoms with E-state index in [-0.39, 0.29) is 12.2 Å². The van der Waals surface area contributed by atoms with Crippen molar-refractivity contribution in [2.45, 2.75) is 26.3 Å². The Morgan fingerprint density at radius 2 is 1.91 bits per heavy atom. The highest BCUT2D eigenvalue weighted by Gasteiger charge is 2.20. The monoisotopic (exact) mass is 334 g/mol. The molecule has 3 N–H and O–H groups in total. The average Bonchev–Trinajstić information content (AvgIpc) is 2.71. The second-order valence-corrected chi connectivity index (χ2v) is 6.47. The predicted molar refractivity (Wildman–Crippen MR) is 96.3 cm³/mol. The van der Waals surface area contributed by atoms with Crippen molar-refractivity contribution in [3.63, 3.8) is 0 Å². The third kappa shape index (κ3) is 3.62. The SMILES string of the molecule is Cc1c(NC(=S)NC(C)(C)CO)c(=O)n(-c2ccccc2)n1C. The average molecular weight is 334 g/mol. The summed E-state index contributed by atoms with van der Waals surface area (Å²) >= 11 is 5.25. The van der Waals surface area contributed by atoms with E-state index in [4.69, 9.17) is 12.2 Å². The molecule has 1 aromatic heterocycles. The lowest BCUT2D eigenvalue weighted by molar-refractivity contribution is 0.207. The molecule has 0 aliphatic rings. The zero-order valence-corrected chi connectivity index (χ0v) is 14.6. The lowest BCUT2D eigenvalue weighted by atomic mass is 10.1. The number of hydrogen-bond acceptors (Lipinski definition) is 3. The van der Waals surface area contributed by atoms with Crippen LogP contribution < -0.4 is 16.2 Å². The van der Waals surface area contributed by atoms with Gasteiger partial charge in [-0.2, -0.15) is 0 Å². The van der Waals surface area contributed by atoms with Crippen molar-refractivity contribution in [2.75, 3.05) is 11.9 Å². The summed E-state index contributed by atoms with van der Waals surface area (Å²) in [6, 6.07) is 9.41. The quantitative estimate of drug-likeness (QED) is 0.740. The van der Waals surface area contributed by atoms with Gasteiger partial charge in [-0.3, -0.25) is 9.48 Å². The van der Waals surface area contributed by atoms with Crippen LogP contribution in [0, 0.1) is 6.92 Å². The number of hydrogen-bond donors (Lipinski definition) is 3. The minimum Gasteiger partial charge on any atom is -0.394 e. The molecule has 0 aliphatic heterocycles. The number of aromatic nitrogens is 2. The van der Waals surface area contributed by atoms with Gasteiger partial charge in [-0.1, -0.05) is 18.2 Å². The molecule has 2 aromatic rings. The smallest absolute Gasteiger partial charge is 0.295 e. The molecule has 0 fully saturated rings. The molecular weight excluding hydrogens is 312 g/mol. The van der Waals surface area contributed by atoms with Gasteiger partial charge in [0.1, 0.15) is 5.69 Å². The summed E-state index contributed by atoms with van der Waals surface area (Å²) in [6.07, 6.45) is 0. The first-order valence-corrected chi connectivity index (χ1v) is 7.71. The maximum Gasteiger partial charge on any atom is 0.295 e. The molecule has 0 atom stereocenters. The summed E-state index contributed by atoms with van der Waals surface area (Å²) in [4.78, 5) is 12.7. The van der Waals surface area contributed by atoms with E-state index in [1.807, 2.05) is 58.2 Å². The molecule has 0 bridgehead atoms. The molecule has 2 rings (SSSR count). The van der Waals surface area contributed by atoms with Gasteiger partial charge in [0.15, 0.2) is 5.11 Å². The number of thiocarbonyl (C=S) groups is 1. The zero-order chi connectivity index (χ0) is 17.2. The first-order chi connectivity index (χ1) is 10.8. The Hall–Kier alpha value is -2.12. The molecule has 1 aromatic carbocycles. The largest absolute Gasteiger partial charge is 0.394 e. The second-order valence-electron chi connectivity index (χ2n) is 6.06. The maximum absolute atomic E-state index is 12.7. The number of rotatable bonds is 4. The third-order valence-electron chi connectivity index (χ3n) is 3.64. The Morgan fingerprint density at radius 3 is 2.48 bits per heavy atom. The normalized spacial score (nSPS) is 11.3. The minimum atomic E-state index is -0.564. The molecule has 0 amide bonds. The van der Waals surface area contributed by atoms with Crippen LogP contribution in [-0.2, 0) is 7.05 Å².